The van der Waals surface area contributed by atoms with Crippen molar-refractivity contribution >= 4 is 34.8 Å². The molecule has 0 unspecified atom stereocenters. The molecule has 1 heterocycles. The molecule has 1 aliphatic heterocycles. The number of hydrogen-bond acceptors (Lipinski definition) is 4. The fraction of sp³-hybridized carbons (Fsp3) is 0.333. The van der Waals surface area contributed by atoms with Crippen LogP contribution in [0.5, 0.6) is 0 Å². The van der Waals surface area contributed by atoms with E-state index >= 15 is 0 Å². The summed E-state index contributed by atoms with van der Waals surface area (Å²) in [5.41, 5.74) is 1.11. The van der Waals surface area contributed by atoms with Crippen LogP contribution in [0.15, 0.2) is 48.5 Å². The Balaban J connectivity index is 1.44. The highest BCUT2D eigenvalue weighted by atomic mass is 35.5. The van der Waals surface area contributed by atoms with E-state index in [1.54, 1.807) is 36.4 Å². The summed E-state index contributed by atoms with van der Waals surface area (Å²) in [6.07, 6.45) is 0. The van der Waals surface area contributed by atoms with Crippen LogP contribution >= 0.6 is 11.6 Å². The van der Waals surface area contributed by atoms with Crippen molar-refractivity contribution in [2.24, 2.45) is 0 Å². The first-order chi connectivity index (χ1) is 13.9. The topological polar surface area (TPSA) is 64.7 Å². The van der Waals surface area contributed by atoms with E-state index in [4.69, 9.17) is 11.6 Å². The number of benzene rings is 2. The van der Waals surface area contributed by atoms with Crippen molar-refractivity contribution in [1.29, 1.82) is 0 Å². The van der Waals surface area contributed by atoms with E-state index < -0.39 is 0 Å². The van der Waals surface area contributed by atoms with Crippen molar-refractivity contribution in [3.63, 3.8) is 0 Å². The lowest BCUT2D eigenvalue weighted by Crippen LogP contribution is -2.53. The second-order valence-electron chi connectivity index (χ2n) is 7.05. The van der Waals surface area contributed by atoms with Crippen LogP contribution < -0.4 is 10.6 Å². The molecule has 29 heavy (non-hydrogen) atoms. The Morgan fingerprint density at radius 3 is 2.34 bits per heavy atom. The molecule has 8 heteroatoms. The smallest absolute Gasteiger partial charge is 0.241 e. The molecular formula is C21H24ClFN4O2. The summed E-state index contributed by atoms with van der Waals surface area (Å²) in [5.74, 6) is -0.665. The minimum Gasteiger partial charge on any atom is -0.325 e. The Kier molecular flexibility index (Phi) is 7.19. The number of hydrogen-bond donors (Lipinski definition) is 2. The second-order valence-corrected chi connectivity index (χ2v) is 7.48. The minimum absolute atomic E-state index is 0.0930. The molecule has 0 aliphatic carbocycles. The molecule has 0 radical (unpaired) electrons. The molecule has 0 aromatic heterocycles. The largest absolute Gasteiger partial charge is 0.325 e. The molecule has 1 saturated heterocycles. The number of anilines is 2. The van der Waals surface area contributed by atoms with Gasteiger partial charge in [-0.05, 0) is 43.3 Å². The zero-order valence-electron chi connectivity index (χ0n) is 16.2. The van der Waals surface area contributed by atoms with E-state index in [1.165, 1.54) is 12.1 Å². The van der Waals surface area contributed by atoms with Gasteiger partial charge in [0.1, 0.15) is 5.82 Å². The number of piperazine rings is 1. The Hall–Kier alpha value is -2.48. The Morgan fingerprint density at radius 1 is 1.03 bits per heavy atom. The van der Waals surface area contributed by atoms with Crippen molar-refractivity contribution < 1.29 is 14.0 Å². The lowest BCUT2D eigenvalue weighted by atomic mass is 10.2. The lowest BCUT2D eigenvalue weighted by molar-refractivity contribution is -0.122. The second kappa shape index (κ2) is 9.82. The van der Waals surface area contributed by atoms with Gasteiger partial charge >= 0.3 is 0 Å². The van der Waals surface area contributed by atoms with E-state index in [0.717, 1.165) is 0 Å². The average Bonchev–Trinajstić information content (AvgIpc) is 2.68. The standard InChI is InChI=1S/C21H24ClFN4O2/c1-15(21(29)25-18-6-2-4-16(22)12-18)27-10-8-26(9-11-27)14-20(28)24-19-7-3-5-17(23)13-19/h2-7,12-13,15H,8-11,14H2,1H3,(H,24,28)(H,25,29)/t15-/m1/s1. The van der Waals surface area contributed by atoms with Gasteiger partial charge in [-0.2, -0.15) is 0 Å². The predicted molar refractivity (Wildman–Crippen MR) is 113 cm³/mol. The van der Waals surface area contributed by atoms with Crippen LogP contribution in [0.4, 0.5) is 15.8 Å². The van der Waals surface area contributed by atoms with E-state index in [2.05, 4.69) is 15.5 Å². The third-order valence-electron chi connectivity index (χ3n) is 4.90. The van der Waals surface area contributed by atoms with Crippen molar-refractivity contribution in [3.05, 3.63) is 59.4 Å². The van der Waals surface area contributed by atoms with Crippen LogP contribution in [0.25, 0.3) is 0 Å². The number of rotatable bonds is 6. The maximum Gasteiger partial charge on any atom is 0.241 e. The van der Waals surface area contributed by atoms with Gasteiger partial charge in [0.25, 0.3) is 0 Å². The van der Waals surface area contributed by atoms with Crippen LogP contribution in [0.2, 0.25) is 5.02 Å². The van der Waals surface area contributed by atoms with Gasteiger partial charge in [0.15, 0.2) is 0 Å². The van der Waals surface area contributed by atoms with E-state index in [1.807, 2.05) is 11.8 Å². The molecule has 0 bridgehead atoms. The summed E-state index contributed by atoms with van der Waals surface area (Å²) in [6.45, 7) is 4.80. The van der Waals surface area contributed by atoms with Gasteiger partial charge in [-0.3, -0.25) is 19.4 Å². The van der Waals surface area contributed by atoms with Crippen molar-refractivity contribution in [3.8, 4) is 0 Å². The van der Waals surface area contributed by atoms with Gasteiger partial charge < -0.3 is 10.6 Å². The molecule has 2 amide bonds. The van der Waals surface area contributed by atoms with E-state index in [-0.39, 0.29) is 30.2 Å². The molecule has 3 rings (SSSR count). The molecule has 0 saturated carbocycles. The summed E-state index contributed by atoms with van der Waals surface area (Å²) in [7, 11) is 0. The summed E-state index contributed by atoms with van der Waals surface area (Å²) >= 11 is 5.95. The SMILES string of the molecule is C[C@H](C(=O)Nc1cccc(Cl)c1)N1CCN(CC(=O)Nc2cccc(F)c2)CC1. The van der Waals surface area contributed by atoms with Crippen LogP contribution in [0.3, 0.4) is 0 Å². The highest BCUT2D eigenvalue weighted by molar-refractivity contribution is 6.30. The number of carbonyl (C=O) groups is 2. The number of nitrogens with one attached hydrogen (secondary N) is 2. The van der Waals surface area contributed by atoms with Gasteiger partial charge in [0.2, 0.25) is 11.8 Å². The number of amides is 2. The Morgan fingerprint density at radius 2 is 1.69 bits per heavy atom. The van der Waals surface area contributed by atoms with Crippen LogP contribution in [-0.4, -0.2) is 60.4 Å². The summed E-state index contributed by atoms with van der Waals surface area (Å²) in [6, 6.07) is 12.6. The predicted octanol–water partition coefficient (Wildman–Crippen LogP) is 3.06. The lowest BCUT2D eigenvalue weighted by Gasteiger charge is -2.37. The Labute approximate surface area is 174 Å². The zero-order valence-corrected chi connectivity index (χ0v) is 17.0. The maximum absolute atomic E-state index is 13.2. The van der Waals surface area contributed by atoms with Crippen LogP contribution in [0, 0.1) is 5.82 Å². The average molecular weight is 419 g/mol. The van der Waals surface area contributed by atoms with E-state index in [9.17, 15) is 14.0 Å². The van der Waals surface area contributed by atoms with Crippen molar-refractivity contribution in [2.45, 2.75) is 13.0 Å². The van der Waals surface area contributed by atoms with Gasteiger partial charge in [-0.25, -0.2) is 4.39 Å². The summed E-state index contributed by atoms with van der Waals surface area (Å²) < 4.78 is 13.2. The number of nitrogens with zero attached hydrogens (tertiary/aromatic N) is 2. The van der Waals surface area contributed by atoms with Gasteiger partial charge in [-0.1, -0.05) is 23.7 Å². The Bertz CT molecular complexity index is 871. The molecule has 2 N–H and O–H groups in total. The van der Waals surface area contributed by atoms with Gasteiger partial charge in [-0.15, -0.1) is 0 Å². The molecule has 2 aromatic carbocycles. The minimum atomic E-state index is -0.388. The van der Waals surface area contributed by atoms with Crippen LogP contribution in [0.1, 0.15) is 6.92 Å². The first-order valence-corrected chi connectivity index (χ1v) is 9.87. The summed E-state index contributed by atoms with van der Waals surface area (Å²) in [5, 5.41) is 6.16. The van der Waals surface area contributed by atoms with Gasteiger partial charge in [0, 0.05) is 42.6 Å². The van der Waals surface area contributed by atoms with Crippen molar-refractivity contribution in [2.75, 3.05) is 43.4 Å². The van der Waals surface area contributed by atoms with Crippen molar-refractivity contribution in [1.82, 2.24) is 9.80 Å². The molecule has 1 fully saturated rings. The zero-order chi connectivity index (χ0) is 20.8. The normalized spacial score (nSPS) is 16.2. The first-order valence-electron chi connectivity index (χ1n) is 9.49. The molecular weight excluding hydrogens is 395 g/mol. The third kappa shape index (κ3) is 6.25. The third-order valence-corrected chi connectivity index (χ3v) is 5.14. The number of halogens is 2. The van der Waals surface area contributed by atoms with E-state index in [0.29, 0.717) is 42.6 Å². The van der Waals surface area contributed by atoms with Crippen LogP contribution in [-0.2, 0) is 9.59 Å². The van der Waals surface area contributed by atoms with Gasteiger partial charge in [0.05, 0.1) is 12.6 Å². The first kappa shape index (κ1) is 21.2. The monoisotopic (exact) mass is 418 g/mol. The number of carbonyl (C=O) groups excluding carboxylic acids is 2. The highest BCUT2D eigenvalue weighted by Crippen LogP contribution is 2.16. The molecule has 154 valence electrons. The molecule has 0 spiro atoms. The molecule has 2 aromatic rings. The highest BCUT2D eigenvalue weighted by Gasteiger charge is 2.26. The molecule has 1 atom stereocenters. The quantitative estimate of drug-likeness (QED) is 0.756. The molecule has 6 nitrogen and oxygen atoms in total. The maximum atomic E-state index is 13.2. The fourth-order valence-corrected chi connectivity index (χ4v) is 3.45. The summed E-state index contributed by atoms with van der Waals surface area (Å²) in [4.78, 5) is 28.8. The fourth-order valence-electron chi connectivity index (χ4n) is 3.26. The molecule has 1 aliphatic rings.